The monoisotopic (exact) mass is 326 g/mol. The lowest BCUT2D eigenvalue weighted by molar-refractivity contribution is -0.128. The third-order valence-corrected chi connectivity index (χ3v) is 5.40. The van der Waals surface area contributed by atoms with Crippen molar-refractivity contribution in [2.75, 3.05) is 26.7 Å². The van der Waals surface area contributed by atoms with Gasteiger partial charge in [-0.25, -0.2) is 13.1 Å². The van der Waals surface area contributed by atoms with Gasteiger partial charge in [0.05, 0.1) is 18.6 Å². The number of ether oxygens (including phenoxy) is 1. The Hall–Kier alpha value is -1.60. The van der Waals surface area contributed by atoms with Gasteiger partial charge in [-0.05, 0) is 49.9 Å². The second kappa shape index (κ2) is 6.66. The highest BCUT2D eigenvalue weighted by molar-refractivity contribution is 7.89. The Kier molecular flexibility index (Phi) is 5.08. The Morgan fingerprint density at radius 2 is 1.86 bits per heavy atom. The molecule has 0 unspecified atom stereocenters. The van der Waals surface area contributed by atoms with Crippen molar-refractivity contribution in [3.63, 3.8) is 0 Å². The lowest BCUT2D eigenvalue weighted by Gasteiger charge is -2.16. The molecule has 1 aromatic carbocycles. The zero-order valence-corrected chi connectivity index (χ0v) is 14.0. The first-order chi connectivity index (χ1) is 10.3. The van der Waals surface area contributed by atoms with Crippen LogP contribution < -0.4 is 9.46 Å². The fraction of sp³-hybridized carbons (Fsp3) is 0.533. The van der Waals surface area contributed by atoms with Gasteiger partial charge in [-0.2, -0.15) is 0 Å². The molecule has 1 heterocycles. The molecule has 0 saturated carbocycles. The van der Waals surface area contributed by atoms with E-state index in [1.807, 2.05) is 0 Å². The second-order valence-electron chi connectivity index (χ2n) is 5.50. The van der Waals surface area contributed by atoms with Gasteiger partial charge in [0.25, 0.3) is 0 Å². The van der Waals surface area contributed by atoms with E-state index in [0.717, 1.165) is 18.4 Å². The standard InChI is InChI=1S/C15H22N2O4S/c1-11-9-14(12(2)8-13(11)21-3)22(19,20)16-10-15(18)17-6-4-5-7-17/h8-9,16H,4-7,10H2,1-3H3. The van der Waals surface area contributed by atoms with E-state index in [1.165, 1.54) is 0 Å². The number of nitrogens with one attached hydrogen (secondary N) is 1. The van der Waals surface area contributed by atoms with Crippen molar-refractivity contribution in [3.8, 4) is 5.75 Å². The van der Waals surface area contributed by atoms with Crippen molar-refractivity contribution in [2.24, 2.45) is 0 Å². The number of nitrogens with zero attached hydrogens (tertiary/aromatic N) is 1. The minimum absolute atomic E-state index is 0.177. The number of likely N-dealkylation sites (tertiary alicyclic amines) is 1. The predicted molar refractivity (Wildman–Crippen MR) is 83.5 cm³/mol. The number of carbonyl (C=O) groups is 1. The number of sulfonamides is 1. The second-order valence-corrected chi connectivity index (χ2v) is 7.24. The summed E-state index contributed by atoms with van der Waals surface area (Å²) in [6.45, 7) is 4.71. The minimum Gasteiger partial charge on any atom is -0.496 e. The number of rotatable bonds is 5. The molecule has 0 radical (unpaired) electrons. The number of benzene rings is 1. The number of hydrogen-bond acceptors (Lipinski definition) is 4. The predicted octanol–water partition coefficient (Wildman–Crippen LogP) is 1.21. The van der Waals surface area contributed by atoms with E-state index in [2.05, 4.69) is 4.72 Å². The van der Waals surface area contributed by atoms with Crippen LogP contribution in [-0.2, 0) is 14.8 Å². The maximum Gasteiger partial charge on any atom is 0.241 e. The van der Waals surface area contributed by atoms with E-state index in [9.17, 15) is 13.2 Å². The molecule has 1 saturated heterocycles. The third-order valence-electron chi connectivity index (χ3n) is 3.85. The zero-order valence-electron chi connectivity index (χ0n) is 13.2. The summed E-state index contributed by atoms with van der Waals surface area (Å²) in [6.07, 6.45) is 1.96. The van der Waals surface area contributed by atoms with Crippen LogP contribution in [-0.4, -0.2) is 46.0 Å². The van der Waals surface area contributed by atoms with Gasteiger partial charge in [-0.15, -0.1) is 0 Å². The first-order valence-electron chi connectivity index (χ1n) is 7.28. The fourth-order valence-electron chi connectivity index (χ4n) is 2.59. The van der Waals surface area contributed by atoms with Gasteiger partial charge in [0.15, 0.2) is 0 Å². The molecule has 2 rings (SSSR count). The molecule has 0 aliphatic carbocycles. The van der Waals surface area contributed by atoms with Crippen molar-refractivity contribution in [3.05, 3.63) is 23.3 Å². The van der Waals surface area contributed by atoms with Crippen LogP contribution in [0, 0.1) is 13.8 Å². The molecular formula is C15H22N2O4S. The van der Waals surface area contributed by atoms with Crippen LogP contribution in [0.2, 0.25) is 0 Å². The topological polar surface area (TPSA) is 75.7 Å². The van der Waals surface area contributed by atoms with Gasteiger partial charge in [-0.1, -0.05) is 0 Å². The Morgan fingerprint density at radius 3 is 2.45 bits per heavy atom. The van der Waals surface area contributed by atoms with E-state index in [-0.39, 0.29) is 17.3 Å². The molecule has 122 valence electrons. The largest absolute Gasteiger partial charge is 0.496 e. The van der Waals surface area contributed by atoms with E-state index >= 15 is 0 Å². The van der Waals surface area contributed by atoms with Gasteiger partial charge >= 0.3 is 0 Å². The summed E-state index contributed by atoms with van der Waals surface area (Å²) in [5, 5.41) is 0. The van der Waals surface area contributed by atoms with Crippen LogP contribution >= 0.6 is 0 Å². The first kappa shape index (κ1) is 16.8. The van der Waals surface area contributed by atoms with Crippen LogP contribution in [0.5, 0.6) is 5.75 Å². The smallest absolute Gasteiger partial charge is 0.241 e. The summed E-state index contributed by atoms with van der Waals surface area (Å²) in [5.41, 5.74) is 1.32. The van der Waals surface area contributed by atoms with Gasteiger partial charge < -0.3 is 9.64 Å². The van der Waals surface area contributed by atoms with Gasteiger partial charge in [0.2, 0.25) is 15.9 Å². The third kappa shape index (κ3) is 3.59. The minimum atomic E-state index is -3.72. The van der Waals surface area contributed by atoms with Crippen LogP contribution in [0.1, 0.15) is 24.0 Å². The maximum absolute atomic E-state index is 12.4. The normalized spacial score (nSPS) is 15.1. The van der Waals surface area contributed by atoms with Crippen molar-refractivity contribution < 1.29 is 17.9 Å². The molecule has 1 aromatic rings. The van der Waals surface area contributed by atoms with Crippen molar-refractivity contribution >= 4 is 15.9 Å². The fourth-order valence-corrected chi connectivity index (χ4v) is 3.87. The van der Waals surface area contributed by atoms with Gasteiger partial charge in [0, 0.05) is 13.1 Å². The highest BCUT2D eigenvalue weighted by Gasteiger charge is 2.23. The molecule has 7 heteroatoms. The molecule has 1 amide bonds. The molecule has 0 aromatic heterocycles. The molecule has 1 aliphatic rings. The molecule has 0 spiro atoms. The summed E-state index contributed by atoms with van der Waals surface area (Å²) in [5.74, 6) is 0.466. The number of amides is 1. The lowest BCUT2D eigenvalue weighted by atomic mass is 10.1. The molecule has 0 bridgehead atoms. The molecule has 6 nitrogen and oxygen atoms in total. The maximum atomic E-state index is 12.4. The quantitative estimate of drug-likeness (QED) is 0.882. The first-order valence-corrected chi connectivity index (χ1v) is 8.76. The molecule has 1 N–H and O–H groups in total. The molecule has 1 aliphatic heterocycles. The molecular weight excluding hydrogens is 304 g/mol. The highest BCUT2D eigenvalue weighted by atomic mass is 32.2. The van der Waals surface area contributed by atoms with Crippen molar-refractivity contribution in [1.82, 2.24) is 9.62 Å². The number of aryl methyl sites for hydroxylation is 2. The summed E-state index contributed by atoms with van der Waals surface area (Å²) >= 11 is 0. The highest BCUT2D eigenvalue weighted by Crippen LogP contribution is 2.25. The molecule has 1 fully saturated rings. The average molecular weight is 326 g/mol. The van der Waals surface area contributed by atoms with Crippen LogP contribution in [0.25, 0.3) is 0 Å². The van der Waals surface area contributed by atoms with Gasteiger partial charge in [-0.3, -0.25) is 4.79 Å². The van der Waals surface area contributed by atoms with Crippen LogP contribution in [0.4, 0.5) is 0 Å². The van der Waals surface area contributed by atoms with E-state index in [1.54, 1.807) is 38.0 Å². The molecule has 0 atom stereocenters. The van der Waals surface area contributed by atoms with Gasteiger partial charge in [0.1, 0.15) is 5.75 Å². The van der Waals surface area contributed by atoms with E-state index < -0.39 is 10.0 Å². The Labute approximate surface area is 131 Å². The number of hydrogen-bond donors (Lipinski definition) is 1. The summed E-state index contributed by atoms with van der Waals surface area (Å²) in [7, 11) is -2.17. The van der Waals surface area contributed by atoms with Crippen molar-refractivity contribution in [1.29, 1.82) is 0 Å². The number of methoxy groups -OCH3 is 1. The summed E-state index contributed by atoms with van der Waals surface area (Å²) in [6, 6.07) is 3.25. The lowest BCUT2D eigenvalue weighted by Crippen LogP contribution is -2.38. The summed E-state index contributed by atoms with van der Waals surface area (Å²) in [4.78, 5) is 13.8. The Bertz CT molecular complexity index is 664. The Morgan fingerprint density at radius 1 is 1.23 bits per heavy atom. The van der Waals surface area contributed by atoms with Crippen molar-refractivity contribution in [2.45, 2.75) is 31.6 Å². The van der Waals surface area contributed by atoms with E-state index in [0.29, 0.717) is 24.4 Å². The summed E-state index contributed by atoms with van der Waals surface area (Å²) < 4.78 is 32.4. The van der Waals surface area contributed by atoms with Crippen LogP contribution in [0.3, 0.4) is 0 Å². The number of carbonyl (C=O) groups excluding carboxylic acids is 1. The zero-order chi connectivity index (χ0) is 16.3. The Balaban J connectivity index is 2.13. The SMILES string of the molecule is COc1cc(C)c(S(=O)(=O)NCC(=O)N2CCCC2)cc1C. The van der Waals surface area contributed by atoms with Crippen LogP contribution in [0.15, 0.2) is 17.0 Å². The molecule has 22 heavy (non-hydrogen) atoms. The average Bonchev–Trinajstić information content (AvgIpc) is 3.01. The van der Waals surface area contributed by atoms with E-state index in [4.69, 9.17) is 4.74 Å².